The fourth-order valence-corrected chi connectivity index (χ4v) is 4.28. The largest absolute Gasteiger partial charge is 0.386 e. The monoisotopic (exact) mass is 395 g/mol. The highest BCUT2D eigenvalue weighted by Crippen LogP contribution is 2.25. The molecule has 3 heteroatoms. The van der Waals surface area contributed by atoms with Gasteiger partial charge in [0.2, 0.25) is 5.91 Å². The topological polar surface area (TPSA) is 40.5 Å². The van der Waals surface area contributed by atoms with Crippen molar-refractivity contribution in [3.05, 3.63) is 71.8 Å². The van der Waals surface area contributed by atoms with Crippen molar-refractivity contribution in [2.75, 3.05) is 7.05 Å². The average molecular weight is 396 g/mol. The molecular weight excluding hydrogens is 358 g/mol. The summed E-state index contributed by atoms with van der Waals surface area (Å²) in [5, 5.41) is 10.6. The Morgan fingerprint density at radius 1 is 0.862 bits per heavy atom. The molecule has 0 saturated carbocycles. The van der Waals surface area contributed by atoms with E-state index in [1.165, 1.54) is 5.56 Å². The van der Waals surface area contributed by atoms with Gasteiger partial charge >= 0.3 is 0 Å². The molecular formula is C26H37NO2. The number of carbonyl (C=O) groups excluding carboxylic acids is 1. The van der Waals surface area contributed by atoms with Crippen LogP contribution in [0.25, 0.3) is 0 Å². The van der Waals surface area contributed by atoms with E-state index in [4.69, 9.17) is 0 Å². The summed E-state index contributed by atoms with van der Waals surface area (Å²) in [7, 11) is 1.80. The quantitative estimate of drug-likeness (QED) is 0.577. The number of aliphatic hydroxyl groups excluding tert-OH is 1. The van der Waals surface area contributed by atoms with E-state index in [1.807, 2.05) is 44.2 Å². The van der Waals surface area contributed by atoms with Crippen molar-refractivity contribution in [3.63, 3.8) is 0 Å². The van der Waals surface area contributed by atoms with Crippen molar-refractivity contribution in [3.8, 4) is 0 Å². The summed E-state index contributed by atoms with van der Waals surface area (Å²) in [6.07, 6.45) is 2.38. The Hall–Kier alpha value is -2.13. The summed E-state index contributed by atoms with van der Waals surface area (Å²) in [5.41, 5.74) is 2.22. The predicted molar refractivity (Wildman–Crippen MR) is 121 cm³/mol. The van der Waals surface area contributed by atoms with Crippen LogP contribution in [0.4, 0.5) is 0 Å². The van der Waals surface area contributed by atoms with E-state index in [-0.39, 0.29) is 17.9 Å². The molecule has 0 spiro atoms. The maximum Gasteiger partial charge on any atom is 0.225 e. The normalized spacial score (nSPS) is 16.5. The molecule has 0 bridgehead atoms. The summed E-state index contributed by atoms with van der Waals surface area (Å²) in [6, 6.07) is 19.9. The molecule has 3 nitrogen and oxygen atoms in total. The van der Waals surface area contributed by atoms with Gasteiger partial charge in [-0.15, -0.1) is 0 Å². The number of rotatable bonds is 10. The average Bonchev–Trinajstić information content (AvgIpc) is 2.72. The zero-order chi connectivity index (χ0) is 21.4. The minimum Gasteiger partial charge on any atom is -0.386 e. The lowest BCUT2D eigenvalue weighted by molar-refractivity contribution is -0.138. The number of hydrogen-bond acceptors (Lipinski definition) is 2. The number of hydrogen-bond donors (Lipinski definition) is 1. The van der Waals surface area contributed by atoms with Gasteiger partial charge in [0.1, 0.15) is 0 Å². The first kappa shape index (κ1) is 23.2. The van der Waals surface area contributed by atoms with E-state index in [0.29, 0.717) is 11.8 Å². The molecule has 1 N–H and O–H groups in total. The van der Waals surface area contributed by atoms with E-state index in [1.54, 1.807) is 11.9 Å². The third kappa shape index (κ3) is 7.01. The zero-order valence-electron chi connectivity index (χ0n) is 18.6. The second-order valence-corrected chi connectivity index (χ2v) is 8.82. The van der Waals surface area contributed by atoms with Crippen molar-refractivity contribution in [2.45, 2.75) is 59.1 Å². The maximum atomic E-state index is 12.9. The second-order valence-electron chi connectivity index (χ2n) is 8.82. The van der Waals surface area contributed by atoms with E-state index in [2.05, 4.69) is 44.2 Å². The molecule has 5 atom stereocenters. The molecule has 0 fully saturated rings. The van der Waals surface area contributed by atoms with Gasteiger partial charge in [-0.05, 0) is 49.1 Å². The second kappa shape index (κ2) is 11.2. The van der Waals surface area contributed by atoms with Crippen LogP contribution in [0, 0.1) is 17.8 Å². The third-order valence-corrected chi connectivity index (χ3v) is 5.97. The van der Waals surface area contributed by atoms with Crippen LogP contribution in [0.2, 0.25) is 0 Å². The Labute approximate surface area is 176 Å². The van der Waals surface area contributed by atoms with E-state index in [0.717, 1.165) is 24.8 Å². The van der Waals surface area contributed by atoms with Gasteiger partial charge in [-0.3, -0.25) is 4.79 Å². The highest BCUT2D eigenvalue weighted by molar-refractivity contribution is 5.78. The molecule has 0 aliphatic heterocycles. The van der Waals surface area contributed by atoms with Crippen molar-refractivity contribution >= 4 is 5.91 Å². The fourth-order valence-electron chi connectivity index (χ4n) is 4.28. The number of nitrogens with zero attached hydrogens (tertiary/aromatic N) is 1. The van der Waals surface area contributed by atoms with E-state index >= 15 is 0 Å². The van der Waals surface area contributed by atoms with Gasteiger partial charge in [0.05, 0.1) is 12.1 Å². The first-order chi connectivity index (χ1) is 13.8. The van der Waals surface area contributed by atoms with Crippen LogP contribution in [-0.2, 0) is 11.2 Å². The summed E-state index contributed by atoms with van der Waals surface area (Å²) in [4.78, 5) is 14.7. The highest BCUT2D eigenvalue weighted by Gasteiger charge is 2.28. The Kier molecular flexibility index (Phi) is 8.91. The van der Waals surface area contributed by atoms with Crippen LogP contribution in [0.15, 0.2) is 60.7 Å². The summed E-state index contributed by atoms with van der Waals surface area (Å²) in [5.74, 6) is 1.13. The standard InChI is InChI=1S/C26H37NO2/c1-19(16-20(2)18-23-12-8-6-9-13-23)17-21(3)26(29)27(5)22(4)25(28)24-14-10-7-11-15-24/h6-15,19-22,25,28H,16-18H2,1-5H3/t19-,20+,21-,22+,25-/m1/s1. The first-order valence-electron chi connectivity index (χ1n) is 10.8. The van der Waals surface area contributed by atoms with Crippen LogP contribution < -0.4 is 0 Å². The van der Waals surface area contributed by atoms with Gasteiger partial charge in [0.15, 0.2) is 0 Å². The summed E-state index contributed by atoms with van der Waals surface area (Å²) < 4.78 is 0. The first-order valence-corrected chi connectivity index (χ1v) is 10.8. The van der Waals surface area contributed by atoms with E-state index < -0.39 is 6.10 Å². The molecule has 0 aromatic heterocycles. The van der Waals surface area contributed by atoms with Gasteiger partial charge in [-0.25, -0.2) is 0 Å². The Balaban J connectivity index is 1.85. The van der Waals surface area contributed by atoms with Crippen molar-refractivity contribution in [2.24, 2.45) is 17.8 Å². The van der Waals surface area contributed by atoms with Crippen LogP contribution >= 0.6 is 0 Å². The SMILES string of the molecule is C[C@H](Cc1ccccc1)C[C@@H](C)C[C@@H](C)C(=O)N(C)[C@@H](C)[C@@H](O)c1ccccc1. The minimum atomic E-state index is -0.680. The van der Waals surface area contributed by atoms with Crippen LogP contribution in [0.1, 0.15) is 57.8 Å². The molecule has 0 aliphatic rings. The number of amides is 1. The summed E-state index contributed by atoms with van der Waals surface area (Å²) >= 11 is 0. The predicted octanol–water partition coefficient (Wildman–Crippen LogP) is 5.50. The Morgan fingerprint density at radius 3 is 2.00 bits per heavy atom. The molecule has 0 aliphatic carbocycles. The van der Waals surface area contributed by atoms with E-state index in [9.17, 15) is 9.90 Å². The lowest BCUT2D eigenvalue weighted by Crippen LogP contribution is -2.42. The highest BCUT2D eigenvalue weighted by atomic mass is 16.3. The molecule has 29 heavy (non-hydrogen) atoms. The zero-order valence-corrected chi connectivity index (χ0v) is 18.6. The number of aliphatic hydroxyl groups is 1. The Morgan fingerprint density at radius 2 is 1.41 bits per heavy atom. The van der Waals surface area contributed by atoms with Gasteiger partial charge in [-0.2, -0.15) is 0 Å². The third-order valence-electron chi connectivity index (χ3n) is 5.97. The molecule has 0 radical (unpaired) electrons. The van der Waals surface area contributed by atoms with Crippen molar-refractivity contribution < 1.29 is 9.90 Å². The maximum absolute atomic E-state index is 12.9. The van der Waals surface area contributed by atoms with Crippen LogP contribution in [0.5, 0.6) is 0 Å². The molecule has 1 amide bonds. The van der Waals surface area contributed by atoms with Crippen molar-refractivity contribution in [1.29, 1.82) is 0 Å². The number of likely N-dealkylation sites (N-methyl/N-ethyl adjacent to an activating group) is 1. The van der Waals surface area contributed by atoms with Gasteiger partial charge in [0.25, 0.3) is 0 Å². The molecule has 2 aromatic carbocycles. The van der Waals surface area contributed by atoms with Gasteiger partial charge in [-0.1, -0.05) is 81.4 Å². The molecule has 0 heterocycles. The molecule has 0 unspecified atom stereocenters. The number of benzene rings is 2. The fraction of sp³-hybridized carbons (Fsp3) is 0.500. The van der Waals surface area contributed by atoms with Gasteiger partial charge in [0, 0.05) is 13.0 Å². The number of carbonyl (C=O) groups is 1. The van der Waals surface area contributed by atoms with Crippen molar-refractivity contribution in [1.82, 2.24) is 4.90 Å². The molecule has 2 rings (SSSR count). The minimum absolute atomic E-state index is 0.0515. The molecule has 2 aromatic rings. The van der Waals surface area contributed by atoms with Gasteiger partial charge < -0.3 is 10.0 Å². The summed E-state index contributed by atoms with van der Waals surface area (Å²) in [6.45, 7) is 8.46. The van der Waals surface area contributed by atoms with Crippen LogP contribution in [0.3, 0.4) is 0 Å². The molecule has 158 valence electrons. The van der Waals surface area contributed by atoms with Crippen LogP contribution in [-0.4, -0.2) is 29.0 Å². The lowest BCUT2D eigenvalue weighted by Gasteiger charge is -2.32. The molecule has 0 saturated heterocycles. The Bertz CT molecular complexity index is 731. The smallest absolute Gasteiger partial charge is 0.225 e. The lowest BCUT2D eigenvalue weighted by atomic mass is 9.86.